The molecule has 0 aromatic heterocycles. The van der Waals surface area contributed by atoms with E-state index in [2.05, 4.69) is 19.9 Å². The first kappa shape index (κ1) is 25.9. The normalized spacial score (nSPS) is 33.0. The summed E-state index contributed by atoms with van der Waals surface area (Å²) in [4.78, 5) is 12.8. The maximum Gasteiger partial charge on any atom is 0.323 e. The maximum absolute atomic E-state index is 14.4. The van der Waals surface area contributed by atoms with Gasteiger partial charge in [0.25, 0.3) is 0 Å². The van der Waals surface area contributed by atoms with Gasteiger partial charge in [-0.25, -0.2) is 8.42 Å². The highest BCUT2D eigenvalue weighted by Crippen LogP contribution is 2.67. The van der Waals surface area contributed by atoms with E-state index in [0.717, 1.165) is 64.2 Å². The van der Waals surface area contributed by atoms with Gasteiger partial charge in [0.05, 0.1) is 11.8 Å². The molecule has 192 valence electrons. The fraction of sp³-hybridized carbons (Fsp3) is 0.926. The zero-order valence-electron chi connectivity index (χ0n) is 21.4. The Balaban J connectivity index is 1.64. The molecule has 4 fully saturated rings. The van der Waals surface area contributed by atoms with Crippen LogP contribution in [0.3, 0.4) is 0 Å². The predicted molar refractivity (Wildman–Crippen MR) is 132 cm³/mol. The Kier molecular flexibility index (Phi) is 7.70. The molecule has 0 radical (unpaired) electrons. The van der Waals surface area contributed by atoms with E-state index in [0.29, 0.717) is 18.8 Å². The van der Waals surface area contributed by atoms with Crippen molar-refractivity contribution in [2.75, 3.05) is 5.75 Å². The molecule has 4 saturated carbocycles. The average Bonchev–Trinajstić information content (AvgIpc) is 3.16. The summed E-state index contributed by atoms with van der Waals surface area (Å²) in [5, 5.41) is 9.36. The number of nitrogens with zero attached hydrogens (tertiary/aromatic N) is 2. The van der Waals surface area contributed by atoms with E-state index in [1.165, 1.54) is 12.8 Å². The summed E-state index contributed by atoms with van der Waals surface area (Å²) in [6, 6.07) is 2.28. The molecular formula is C27H44N2O4S. The third-order valence-electron chi connectivity index (χ3n) is 10.1. The number of hydrogen-bond donors (Lipinski definition) is 0. The van der Waals surface area contributed by atoms with Gasteiger partial charge in [-0.05, 0) is 62.7 Å². The third kappa shape index (κ3) is 4.54. The molecule has 0 saturated heterocycles. The van der Waals surface area contributed by atoms with Gasteiger partial charge in [-0.3, -0.25) is 4.79 Å². The zero-order valence-corrected chi connectivity index (χ0v) is 22.2. The van der Waals surface area contributed by atoms with Crippen LogP contribution in [0, 0.1) is 34.0 Å². The lowest BCUT2D eigenvalue weighted by molar-refractivity contribution is -0.159. The Labute approximate surface area is 206 Å². The number of ether oxygens (including phenoxy) is 1. The van der Waals surface area contributed by atoms with Gasteiger partial charge in [-0.15, -0.1) is 0 Å². The summed E-state index contributed by atoms with van der Waals surface area (Å²) in [7, 11) is -3.54. The predicted octanol–water partition coefficient (Wildman–Crippen LogP) is 5.57. The van der Waals surface area contributed by atoms with Crippen molar-refractivity contribution >= 4 is 16.0 Å². The number of sulfonamides is 1. The Morgan fingerprint density at radius 1 is 1.03 bits per heavy atom. The van der Waals surface area contributed by atoms with E-state index < -0.39 is 33.4 Å². The average molecular weight is 493 g/mol. The van der Waals surface area contributed by atoms with Crippen LogP contribution in [-0.2, 0) is 19.6 Å². The molecule has 7 heteroatoms. The highest BCUT2D eigenvalue weighted by molar-refractivity contribution is 7.89. The number of carbonyl (C=O) groups is 1. The first-order valence-electron chi connectivity index (χ1n) is 13.8. The molecule has 0 spiro atoms. The van der Waals surface area contributed by atoms with Gasteiger partial charge in [0, 0.05) is 17.5 Å². The van der Waals surface area contributed by atoms with Crippen LogP contribution in [0.1, 0.15) is 111 Å². The fourth-order valence-electron chi connectivity index (χ4n) is 7.86. The molecule has 0 aliphatic heterocycles. The van der Waals surface area contributed by atoms with Crippen LogP contribution in [0.15, 0.2) is 0 Å². The van der Waals surface area contributed by atoms with Crippen LogP contribution in [0.2, 0.25) is 0 Å². The van der Waals surface area contributed by atoms with E-state index in [4.69, 9.17) is 4.74 Å². The van der Waals surface area contributed by atoms with Crippen LogP contribution in [0.5, 0.6) is 0 Å². The van der Waals surface area contributed by atoms with Crippen molar-refractivity contribution in [2.24, 2.45) is 22.7 Å². The Morgan fingerprint density at radius 3 is 2.06 bits per heavy atom. The van der Waals surface area contributed by atoms with Gasteiger partial charge < -0.3 is 4.74 Å². The van der Waals surface area contributed by atoms with Crippen molar-refractivity contribution in [1.29, 1.82) is 5.26 Å². The van der Waals surface area contributed by atoms with Gasteiger partial charge in [-0.2, -0.15) is 9.57 Å². The quantitative estimate of drug-likeness (QED) is 0.413. The molecule has 0 aromatic carbocycles. The summed E-state index contributed by atoms with van der Waals surface area (Å²) in [5.41, 5.74) is -0.800. The number of esters is 1. The van der Waals surface area contributed by atoms with Gasteiger partial charge in [0.1, 0.15) is 12.0 Å². The lowest BCUT2D eigenvalue weighted by Gasteiger charge is -2.46. The van der Waals surface area contributed by atoms with Gasteiger partial charge in [0.2, 0.25) is 10.0 Å². The lowest BCUT2D eigenvalue weighted by atomic mass is 9.69. The van der Waals surface area contributed by atoms with E-state index >= 15 is 0 Å². The lowest BCUT2D eigenvalue weighted by Crippen LogP contribution is -2.54. The highest BCUT2D eigenvalue weighted by Gasteiger charge is 2.67. The topological polar surface area (TPSA) is 87.5 Å². The molecule has 4 rings (SSSR count). The van der Waals surface area contributed by atoms with Crippen molar-refractivity contribution in [1.82, 2.24) is 4.31 Å². The number of rotatable bonds is 8. The van der Waals surface area contributed by atoms with E-state index in [1.807, 2.05) is 11.2 Å². The fourth-order valence-corrected chi connectivity index (χ4v) is 10.7. The smallest absolute Gasteiger partial charge is 0.323 e. The van der Waals surface area contributed by atoms with Gasteiger partial charge in [0.15, 0.2) is 0 Å². The van der Waals surface area contributed by atoms with Crippen molar-refractivity contribution in [3.05, 3.63) is 0 Å². The summed E-state index contributed by atoms with van der Waals surface area (Å²) in [6.07, 6.45) is 13.1. The number of hydrogen-bond acceptors (Lipinski definition) is 5. The molecular weight excluding hydrogens is 448 g/mol. The van der Waals surface area contributed by atoms with Crippen molar-refractivity contribution in [3.63, 3.8) is 0 Å². The van der Waals surface area contributed by atoms with E-state index in [9.17, 15) is 18.5 Å². The van der Waals surface area contributed by atoms with Crippen molar-refractivity contribution < 1.29 is 17.9 Å². The minimum atomic E-state index is -3.54. The molecule has 4 aliphatic carbocycles. The van der Waals surface area contributed by atoms with Crippen LogP contribution in [0.4, 0.5) is 0 Å². The standard InChI is InChI=1S/C27H44N2O4S/c1-4-20(18-28)25(30)33-24-17-21-15-16-27(24,26(21,2)3)19-34(31,32)29(22-11-7-5-8-12-22)23-13-9-6-10-14-23/h20-24H,4-17,19H2,1-3H3/t20?,21-,24-,27-/m1/s1. The monoisotopic (exact) mass is 492 g/mol. The van der Waals surface area contributed by atoms with Crippen molar-refractivity contribution in [2.45, 2.75) is 129 Å². The first-order chi connectivity index (χ1) is 16.2. The Hall–Kier alpha value is -1.13. The Morgan fingerprint density at radius 2 is 1.59 bits per heavy atom. The second kappa shape index (κ2) is 10.1. The molecule has 0 heterocycles. The second-order valence-corrected chi connectivity index (χ2v) is 13.9. The van der Waals surface area contributed by atoms with Crippen LogP contribution >= 0.6 is 0 Å². The second-order valence-electron chi connectivity index (χ2n) is 12.0. The van der Waals surface area contributed by atoms with E-state index in [-0.39, 0.29) is 23.3 Å². The number of fused-ring (bicyclic) bond motifs is 2. The molecule has 34 heavy (non-hydrogen) atoms. The molecule has 4 atom stereocenters. The molecule has 0 aromatic rings. The summed E-state index contributed by atoms with van der Waals surface area (Å²) >= 11 is 0. The molecule has 0 amide bonds. The molecule has 6 nitrogen and oxygen atoms in total. The molecule has 1 unspecified atom stereocenters. The molecule has 0 N–H and O–H groups in total. The largest absolute Gasteiger partial charge is 0.461 e. The summed E-state index contributed by atoms with van der Waals surface area (Å²) in [5.74, 6) is -0.846. The summed E-state index contributed by atoms with van der Waals surface area (Å²) < 4.78 is 36.7. The van der Waals surface area contributed by atoms with Gasteiger partial charge in [-0.1, -0.05) is 59.3 Å². The number of nitriles is 1. The van der Waals surface area contributed by atoms with Gasteiger partial charge >= 0.3 is 5.97 Å². The zero-order chi connectivity index (χ0) is 24.6. The minimum Gasteiger partial charge on any atom is -0.461 e. The molecule has 2 bridgehead atoms. The summed E-state index contributed by atoms with van der Waals surface area (Å²) in [6.45, 7) is 6.18. The van der Waals surface area contributed by atoms with Crippen LogP contribution < -0.4 is 0 Å². The Bertz CT molecular complexity index is 865. The minimum absolute atomic E-state index is 0.0673. The third-order valence-corrected chi connectivity index (χ3v) is 12.2. The number of carbonyl (C=O) groups excluding carboxylic acids is 1. The highest BCUT2D eigenvalue weighted by atomic mass is 32.2. The maximum atomic E-state index is 14.4. The van der Waals surface area contributed by atoms with Crippen molar-refractivity contribution in [3.8, 4) is 6.07 Å². The van der Waals surface area contributed by atoms with E-state index in [1.54, 1.807) is 0 Å². The first-order valence-corrected chi connectivity index (χ1v) is 15.4. The molecule has 4 aliphatic rings. The van der Waals surface area contributed by atoms with Crippen LogP contribution in [-0.4, -0.2) is 42.6 Å². The van der Waals surface area contributed by atoms with Crippen LogP contribution in [0.25, 0.3) is 0 Å². The SMILES string of the molecule is CCC(C#N)C(=O)O[C@@H]1C[C@H]2CC[C@]1(CS(=O)(=O)N(C1CCCCC1)C1CCCCC1)C2(C)C.